The third-order valence-corrected chi connectivity index (χ3v) is 5.19. The predicted octanol–water partition coefficient (Wildman–Crippen LogP) is 2.58. The zero-order valence-corrected chi connectivity index (χ0v) is 15.4. The summed E-state index contributed by atoms with van der Waals surface area (Å²) in [5.74, 6) is -0.572. The Hall–Kier alpha value is -1.01. The molecule has 3 rings (SSSR count). The highest BCUT2D eigenvalue weighted by Gasteiger charge is 2.41. The summed E-state index contributed by atoms with van der Waals surface area (Å²) < 4.78 is 0. The van der Waals surface area contributed by atoms with Crippen molar-refractivity contribution in [1.82, 2.24) is 4.90 Å². The Balaban J connectivity index is 0.00000208. The molecule has 0 radical (unpaired) electrons. The summed E-state index contributed by atoms with van der Waals surface area (Å²) in [6, 6.07) is 5.00. The molecule has 2 unspecified atom stereocenters. The Bertz CT molecular complexity index is 641. The fourth-order valence-electron chi connectivity index (χ4n) is 3.29. The third kappa shape index (κ3) is 3.64. The van der Waals surface area contributed by atoms with Gasteiger partial charge in [-0.2, -0.15) is 0 Å². The summed E-state index contributed by atoms with van der Waals surface area (Å²) in [6.45, 7) is 2.38. The Morgan fingerprint density at radius 1 is 1.25 bits per heavy atom. The van der Waals surface area contributed by atoms with Gasteiger partial charge in [-0.05, 0) is 43.5 Å². The molecular weight excluding hydrogens is 373 g/mol. The molecule has 0 spiro atoms. The van der Waals surface area contributed by atoms with Crippen LogP contribution in [-0.2, 0) is 9.59 Å². The molecule has 2 aliphatic rings. The van der Waals surface area contributed by atoms with Crippen molar-refractivity contribution in [2.75, 3.05) is 31.1 Å². The Morgan fingerprint density at radius 3 is 2.67 bits per heavy atom. The number of carbonyl (C=O) groups excluding carboxylic acids is 2. The first-order valence-corrected chi connectivity index (χ1v) is 8.52. The van der Waals surface area contributed by atoms with E-state index in [1.165, 1.54) is 0 Å². The van der Waals surface area contributed by atoms with Crippen molar-refractivity contribution in [1.29, 1.82) is 0 Å². The number of nitrogens with zero attached hydrogens (tertiary/aromatic N) is 2. The molecule has 2 saturated heterocycles. The van der Waals surface area contributed by atoms with Gasteiger partial charge in [0.1, 0.15) is 5.92 Å². The number of nitrogens with two attached hydrogens (primary N) is 1. The van der Waals surface area contributed by atoms with Crippen molar-refractivity contribution in [3.05, 3.63) is 28.2 Å². The van der Waals surface area contributed by atoms with Crippen LogP contribution in [0.15, 0.2) is 18.2 Å². The van der Waals surface area contributed by atoms with E-state index in [4.69, 9.17) is 28.9 Å². The zero-order chi connectivity index (χ0) is 16.6. The van der Waals surface area contributed by atoms with E-state index in [9.17, 15) is 9.59 Å². The van der Waals surface area contributed by atoms with Crippen LogP contribution in [0, 0.1) is 11.8 Å². The van der Waals surface area contributed by atoms with E-state index in [0.717, 1.165) is 6.42 Å². The topological polar surface area (TPSA) is 66.6 Å². The summed E-state index contributed by atoms with van der Waals surface area (Å²) >= 11 is 12.2. The normalized spacial score (nSPS) is 23.5. The number of halogens is 3. The Kier molecular flexibility index (Phi) is 6.37. The van der Waals surface area contributed by atoms with Crippen LogP contribution < -0.4 is 10.6 Å². The minimum atomic E-state index is -0.624. The number of amides is 2. The van der Waals surface area contributed by atoms with Crippen LogP contribution in [0.2, 0.25) is 10.0 Å². The van der Waals surface area contributed by atoms with E-state index in [0.29, 0.717) is 54.3 Å². The molecule has 0 saturated carbocycles. The summed E-state index contributed by atoms with van der Waals surface area (Å²) in [4.78, 5) is 28.6. The maximum Gasteiger partial charge on any atom is 0.239 e. The molecule has 1 aromatic rings. The summed E-state index contributed by atoms with van der Waals surface area (Å²) in [6.07, 6.45) is 1.41. The molecule has 5 nitrogen and oxygen atoms in total. The average Bonchev–Trinajstić information content (AvgIpc) is 3.16. The molecule has 2 amide bonds. The average molecular weight is 393 g/mol. The molecule has 2 aliphatic heterocycles. The van der Waals surface area contributed by atoms with Gasteiger partial charge >= 0.3 is 0 Å². The van der Waals surface area contributed by atoms with Gasteiger partial charge < -0.3 is 15.5 Å². The fourth-order valence-corrected chi connectivity index (χ4v) is 3.67. The number of hydrogen-bond acceptors (Lipinski definition) is 3. The molecule has 2 N–H and O–H groups in total. The number of benzene rings is 1. The number of anilines is 1. The fraction of sp³-hybridized carbons (Fsp3) is 0.500. The lowest BCUT2D eigenvalue weighted by molar-refractivity contribution is -0.139. The summed E-state index contributed by atoms with van der Waals surface area (Å²) in [5, 5.41) is 0.970. The molecule has 132 valence electrons. The second-order valence-corrected chi connectivity index (χ2v) is 6.95. The molecule has 1 aromatic carbocycles. The van der Waals surface area contributed by atoms with Crippen LogP contribution in [-0.4, -0.2) is 42.9 Å². The third-order valence-electron chi connectivity index (χ3n) is 4.63. The van der Waals surface area contributed by atoms with E-state index in [-0.39, 0.29) is 24.2 Å². The van der Waals surface area contributed by atoms with Crippen LogP contribution in [0.4, 0.5) is 5.69 Å². The lowest BCUT2D eigenvalue weighted by Gasteiger charge is -2.21. The van der Waals surface area contributed by atoms with E-state index < -0.39 is 5.92 Å². The van der Waals surface area contributed by atoms with Crippen LogP contribution in [0.3, 0.4) is 0 Å². The van der Waals surface area contributed by atoms with Crippen molar-refractivity contribution in [2.24, 2.45) is 17.6 Å². The SMILES string of the molecule is Cl.NCC1CCN(C(=O)C2CCN(c3cc(Cl)ccc3Cl)C2=O)C1. The smallest absolute Gasteiger partial charge is 0.239 e. The Morgan fingerprint density at radius 2 is 2.00 bits per heavy atom. The van der Waals surface area contributed by atoms with Gasteiger partial charge in [0.05, 0.1) is 10.7 Å². The van der Waals surface area contributed by atoms with Gasteiger partial charge in [0.25, 0.3) is 0 Å². The van der Waals surface area contributed by atoms with Crippen molar-refractivity contribution >= 4 is 53.1 Å². The number of rotatable bonds is 3. The number of carbonyl (C=O) groups is 2. The maximum atomic E-state index is 12.7. The minimum absolute atomic E-state index is 0. The van der Waals surface area contributed by atoms with Crippen molar-refractivity contribution in [3.63, 3.8) is 0 Å². The lowest BCUT2D eigenvalue weighted by Crippen LogP contribution is -2.39. The molecule has 24 heavy (non-hydrogen) atoms. The highest BCUT2D eigenvalue weighted by molar-refractivity contribution is 6.36. The van der Waals surface area contributed by atoms with E-state index >= 15 is 0 Å². The van der Waals surface area contributed by atoms with Gasteiger partial charge in [0.2, 0.25) is 11.8 Å². The van der Waals surface area contributed by atoms with Gasteiger partial charge in [-0.25, -0.2) is 0 Å². The molecule has 0 aliphatic carbocycles. The largest absolute Gasteiger partial charge is 0.342 e. The van der Waals surface area contributed by atoms with Crippen molar-refractivity contribution in [2.45, 2.75) is 12.8 Å². The van der Waals surface area contributed by atoms with Crippen LogP contribution in [0.1, 0.15) is 12.8 Å². The first-order valence-electron chi connectivity index (χ1n) is 7.76. The molecule has 0 aromatic heterocycles. The first-order chi connectivity index (χ1) is 11.0. The molecule has 2 fully saturated rings. The minimum Gasteiger partial charge on any atom is -0.342 e. The maximum absolute atomic E-state index is 12.7. The van der Waals surface area contributed by atoms with Crippen LogP contribution >= 0.6 is 35.6 Å². The lowest BCUT2D eigenvalue weighted by atomic mass is 10.1. The van der Waals surface area contributed by atoms with Crippen molar-refractivity contribution < 1.29 is 9.59 Å². The quantitative estimate of drug-likeness (QED) is 0.804. The van der Waals surface area contributed by atoms with E-state index in [1.54, 1.807) is 28.0 Å². The van der Waals surface area contributed by atoms with Crippen LogP contribution in [0.5, 0.6) is 0 Å². The Labute approximate surface area is 157 Å². The van der Waals surface area contributed by atoms with E-state index in [1.807, 2.05) is 0 Å². The predicted molar refractivity (Wildman–Crippen MR) is 97.9 cm³/mol. The molecule has 2 atom stereocenters. The number of hydrogen-bond donors (Lipinski definition) is 1. The second-order valence-electron chi connectivity index (χ2n) is 6.10. The highest BCUT2D eigenvalue weighted by atomic mass is 35.5. The second kappa shape index (κ2) is 7.91. The van der Waals surface area contributed by atoms with Gasteiger partial charge in [-0.15, -0.1) is 12.4 Å². The van der Waals surface area contributed by atoms with Gasteiger partial charge in [0.15, 0.2) is 0 Å². The zero-order valence-electron chi connectivity index (χ0n) is 13.1. The number of likely N-dealkylation sites (tertiary alicyclic amines) is 1. The molecule has 8 heteroatoms. The monoisotopic (exact) mass is 391 g/mol. The van der Waals surface area contributed by atoms with Gasteiger partial charge in [-0.1, -0.05) is 23.2 Å². The van der Waals surface area contributed by atoms with Gasteiger partial charge in [-0.3, -0.25) is 9.59 Å². The van der Waals surface area contributed by atoms with Crippen LogP contribution in [0.25, 0.3) is 0 Å². The molecule has 0 bridgehead atoms. The molecule has 2 heterocycles. The highest BCUT2D eigenvalue weighted by Crippen LogP contribution is 2.34. The van der Waals surface area contributed by atoms with E-state index in [2.05, 4.69) is 0 Å². The first kappa shape index (κ1) is 19.3. The summed E-state index contributed by atoms with van der Waals surface area (Å²) in [5.41, 5.74) is 6.24. The summed E-state index contributed by atoms with van der Waals surface area (Å²) in [7, 11) is 0. The van der Waals surface area contributed by atoms with Gasteiger partial charge in [0, 0.05) is 24.7 Å². The molecular formula is C16H20Cl3N3O2. The van der Waals surface area contributed by atoms with Crippen molar-refractivity contribution in [3.8, 4) is 0 Å². The standard InChI is InChI=1S/C16H19Cl2N3O2.ClH/c17-11-1-2-13(18)14(7-11)21-6-4-12(16(21)23)15(22)20-5-3-10(8-19)9-20;/h1-2,7,10,12H,3-6,8-9,19H2;1H.